The number of ether oxygens (including phenoxy) is 2. The van der Waals surface area contributed by atoms with Crippen LogP contribution in [0.15, 0.2) is 109 Å². The van der Waals surface area contributed by atoms with Gasteiger partial charge in [0.25, 0.3) is 0 Å². The Balaban J connectivity index is 1.26. The lowest BCUT2D eigenvalue weighted by atomic mass is 9.64. The summed E-state index contributed by atoms with van der Waals surface area (Å²) in [6.45, 7) is 4.98. The van der Waals surface area contributed by atoms with E-state index in [9.17, 15) is 29.4 Å². The summed E-state index contributed by atoms with van der Waals surface area (Å²) < 4.78 is 11.7. The molecule has 4 atom stereocenters. The Morgan fingerprint density at radius 1 is 0.538 bits per heavy atom. The Bertz CT molecular complexity index is 1660. The second-order valence-corrected chi connectivity index (χ2v) is 12.6. The van der Waals surface area contributed by atoms with Gasteiger partial charge in [0.05, 0.1) is 23.9 Å². The number of nitrogens with zero attached hydrogens (tertiary/aromatic N) is 2. The van der Waals surface area contributed by atoms with Gasteiger partial charge in [-0.15, -0.1) is 0 Å². The zero-order chi connectivity index (χ0) is 37.0. The van der Waals surface area contributed by atoms with Gasteiger partial charge >= 0.3 is 24.0 Å². The molecule has 0 radical (unpaired) electrons. The van der Waals surface area contributed by atoms with Crippen LogP contribution in [0.25, 0.3) is 0 Å². The van der Waals surface area contributed by atoms with Crippen molar-refractivity contribution in [3.63, 3.8) is 0 Å². The summed E-state index contributed by atoms with van der Waals surface area (Å²) in [5, 5.41) is 25.6. The van der Waals surface area contributed by atoms with E-state index >= 15 is 0 Å². The summed E-state index contributed by atoms with van der Waals surface area (Å²) in [6.07, 6.45) is 1.25. The number of nitrogens with one attached hydrogen (secondary N) is 2. The van der Waals surface area contributed by atoms with Crippen LogP contribution in [-0.2, 0) is 22.7 Å². The van der Waals surface area contributed by atoms with E-state index in [-0.39, 0.29) is 13.1 Å². The molecule has 0 aromatic heterocycles. The molecule has 12 heteroatoms. The van der Waals surface area contributed by atoms with Crippen molar-refractivity contribution in [2.75, 3.05) is 13.1 Å². The Morgan fingerprint density at radius 3 is 1.17 bits per heavy atom. The van der Waals surface area contributed by atoms with Crippen LogP contribution < -0.4 is 20.1 Å². The molecule has 0 bridgehead atoms. The van der Waals surface area contributed by atoms with Gasteiger partial charge < -0.3 is 40.1 Å². The third-order valence-electron chi connectivity index (χ3n) is 8.81. The van der Waals surface area contributed by atoms with E-state index in [4.69, 9.17) is 9.47 Å². The van der Waals surface area contributed by atoms with Crippen LogP contribution in [0.4, 0.5) is 9.59 Å². The first-order chi connectivity index (χ1) is 25.2. The van der Waals surface area contributed by atoms with Crippen molar-refractivity contribution in [2.24, 2.45) is 11.8 Å². The van der Waals surface area contributed by atoms with Gasteiger partial charge in [-0.3, -0.25) is 9.59 Å². The summed E-state index contributed by atoms with van der Waals surface area (Å²) in [4.78, 5) is 55.0. The third kappa shape index (κ3) is 9.59. The first-order valence-corrected chi connectivity index (χ1v) is 17.4. The number of carbonyl (C=O) groups excluding carboxylic acids is 2. The molecular formula is C40H44N4O8. The zero-order valence-corrected chi connectivity index (χ0v) is 29.2. The summed E-state index contributed by atoms with van der Waals surface area (Å²) in [6, 6.07) is 29.8. The highest BCUT2D eigenvalue weighted by Crippen LogP contribution is 2.37. The van der Waals surface area contributed by atoms with E-state index < -0.39 is 47.9 Å². The highest BCUT2D eigenvalue weighted by molar-refractivity contribution is 5.87. The van der Waals surface area contributed by atoms with Gasteiger partial charge in [-0.2, -0.15) is 0 Å². The van der Waals surface area contributed by atoms with E-state index in [1.54, 1.807) is 24.3 Å². The van der Waals surface area contributed by atoms with Gasteiger partial charge in [-0.05, 0) is 72.5 Å². The Labute approximate surface area is 303 Å². The highest BCUT2D eigenvalue weighted by Gasteiger charge is 2.59. The lowest BCUT2D eigenvalue weighted by Crippen LogP contribution is -2.74. The molecule has 12 nitrogen and oxygen atoms in total. The number of rotatable bonds is 16. The van der Waals surface area contributed by atoms with Crippen LogP contribution in [0.3, 0.4) is 0 Å². The molecule has 5 rings (SSSR count). The Morgan fingerprint density at radius 2 is 0.865 bits per heavy atom. The number of carboxylic acid groups (broad SMARTS) is 2. The minimum Gasteiger partial charge on any atom is -0.481 e. The highest BCUT2D eigenvalue weighted by atomic mass is 16.5. The Hall–Kier alpha value is -6.04. The van der Waals surface area contributed by atoms with Crippen LogP contribution in [0.5, 0.6) is 23.0 Å². The summed E-state index contributed by atoms with van der Waals surface area (Å²) in [5.74, 6) is -2.99. The molecule has 0 spiro atoms. The maximum absolute atomic E-state index is 13.7. The molecule has 272 valence electrons. The van der Waals surface area contributed by atoms with Crippen LogP contribution in [0.2, 0.25) is 0 Å². The number of hydrogen-bond donors (Lipinski definition) is 4. The molecule has 1 saturated carbocycles. The largest absolute Gasteiger partial charge is 0.481 e. The van der Waals surface area contributed by atoms with Crippen LogP contribution in [-0.4, -0.2) is 69.2 Å². The minimum absolute atomic E-state index is 0.217. The SMILES string of the molecule is CCCN(Cc1ccc(Oc2ccccc2)cc1)C(=O)NC1C(NC(=O)N(CCC)Cc2ccc(Oc3ccccc3)cc2)C(C(=O)O)C1C(=O)O. The van der Waals surface area contributed by atoms with Crippen LogP contribution >= 0.6 is 0 Å². The summed E-state index contributed by atoms with van der Waals surface area (Å²) in [5.41, 5.74) is 1.63. The van der Waals surface area contributed by atoms with Crippen molar-refractivity contribution in [2.45, 2.75) is 51.9 Å². The quantitative estimate of drug-likeness (QED) is 0.0972. The first-order valence-electron chi connectivity index (χ1n) is 17.4. The number of benzene rings is 4. The van der Waals surface area contributed by atoms with Crippen molar-refractivity contribution in [3.05, 3.63) is 120 Å². The van der Waals surface area contributed by atoms with Crippen molar-refractivity contribution in [3.8, 4) is 23.0 Å². The van der Waals surface area contributed by atoms with Crippen LogP contribution in [0, 0.1) is 11.8 Å². The van der Waals surface area contributed by atoms with E-state index in [2.05, 4.69) is 10.6 Å². The molecule has 1 aliphatic rings. The number of amides is 4. The fraction of sp³-hybridized carbons (Fsp3) is 0.300. The van der Waals surface area contributed by atoms with Gasteiger partial charge in [-0.25, -0.2) is 9.59 Å². The van der Waals surface area contributed by atoms with E-state index in [1.165, 1.54) is 9.80 Å². The molecule has 0 aliphatic heterocycles. The number of carboxylic acids is 2. The predicted molar refractivity (Wildman–Crippen MR) is 194 cm³/mol. The number of urea groups is 2. The molecule has 4 unspecified atom stereocenters. The van der Waals surface area contributed by atoms with Crippen molar-refractivity contribution >= 4 is 24.0 Å². The van der Waals surface area contributed by atoms with Gasteiger partial charge in [0, 0.05) is 26.2 Å². The Kier molecular flexibility index (Phi) is 12.7. The molecular weight excluding hydrogens is 664 g/mol. The van der Waals surface area contributed by atoms with E-state index in [1.807, 2.05) is 98.8 Å². The molecule has 52 heavy (non-hydrogen) atoms. The number of carbonyl (C=O) groups is 4. The fourth-order valence-corrected chi connectivity index (χ4v) is 6.25. The molecule has 4 aromatic carbocycles. The molecule has 1 aliphatic carbocycles. The van der Waals surface area contributed by atoms with Crippen LogP contribution in [0.1, 0.15) is 37.8 Å². The molecule has 0 saturated heterocycles. The zero-order valence-electron chi connectivity index (χ0n) is 29.2. The smallest absolute Gasteiger partial charge is 0.318 e. The van der Waals surface area contributed by atoms with Gasteiger partial charge in [0.2, 0.25) is 0 Å². The van der Waals surface area contributed by atoms with Gasteiger partial charge in [-0.1, -0.05) is 74.5 Å². The predicted octanol–water partition coefficient (Wildman–Crippen LogP) is 6.97. The summed E-state index contributed by atoms with van der Waals surface area (Å²) >= 11 is 0. The molecule has 4 aromatic rings. The monoisotopic (exact) mass is 708 g/mol. The normalized spacial score (nSPS) is 17.6. The lowest BCUT2D eigenvalue weighted by Gasteiger charge is -2.48. The lowest BCUT2D eigenvalue weighted by molar-refractivity contribution is -0.165. The van der Waals surface area contributed by atoms with Crippen molar-refractivity contribution in [1.82, 2.24) is 20.4 Å². The molecule has 4 N–H and O–H groups in total. The summed E-state index contributed by atoms with van der Waals surface area (Å²) in [7, 11) is 0. The molecule has 4 amide bonds. The second kappa shape index (κ2) is 17.8. The van der Waals surface area contributed by atoms with Gasteiger partial charge in [0.15, 0.2) is 0 Å². The van der Waals surface area contributed by atoms with E-state index in [0.717, 1.165) is 11.1 Å². The van der Waals surface area contributed by atoms with Crippen molar-refractivity contribution < 1.29 is 38.9 Å². The average molecular weight is 709 g/mol. The molecule has 0 heterocycles. The average Bonchev–Trinajstić information content (AvgIpc) is 3.13. The molecule has 1 fully saturated rings. The maximum atomic E-state index is 13.7. The van der Waals surface area contributed by atoms with E-state index in [0.29, 0.717) is 48.9 Å². The topological polar surface area (TPSA) is 158 Å². The number of para-hydroxylation sites is 2. The van der Waals surface area contributed by atoms with Gasteiger partial charge in [0.1, 0.15) is 23.0 Å². The second-order valence-electron chi connectivity index (χ2n) is 12.6. The third-order valence-corrected chi connectivity index (χ3v) is 8.81. The number of hydrogen-bond acceptors (Lipinski definition) is 6. The first kappa shape index (κ1) is 37.2. The fourth-order valence-electron chi connectivity index (χ4n) is 6.25. The number of aliphatic carboxylic acids is 2. The maximum Gasteiger partial charge on any atom is 0.318 e. The minimum atomic E-state index is -1.44. The standard InChI is InChI=1S/C40H44N4O8/c1-3-23-43(25-27-15-19-31(20-16-27)51-29-11-7-5-8-12-29)39(49)41-35-33(37(45)46)34(38(47)48)36(35)42-40(50)44(24-4-2)26-28-17-21-32(22-18-28)52-30-13-9-6-10-14-30/h5-22,33-36H,3-4,23-26H2,1-2H3,(H,41,49)(H,42,50)(H,45,46)(H,47,48). The van der Waals surface area contributed by atoms with Crippen molar-refractivity contribution in [1.29, 1.82) is 0 Å².